The highest BCUT2D eigenvalue weighted by Crippen LogP contribution is 2.28. The van der Waals surface area contributed by atoms with E-state index in [0.29, 0.717) is 27.8 Å². The van der Waals surface area contributed by atoms with Crippen molar-refractivity contribution < 1.29 is 17.6 Å². The van der Waals surface area contributed by atoms with Gasteiger partial charge in [-0.05, 0) is 48.0 Å². The fourth-order valence-corrected chi connectivity index (χ4v) is 4.58. The number of anilines is 1. The zero-order valence-corrected chi connectivity index (χ0v) is 17.2. The second-order valence-corrected chi connectivity index (χ2v) is 8.83. The van der Waals surface area contributed by atoms with E-state index in [1.165, 1.54) is 23.9 Å². The van der Waals surface area contributed by atoms with E-state index in [0.717, 1.165) is 11.3 Å². The summed E-state index contributed by atoms with van der Waals surface area (Å²) in [5.41, 5.74) is 2.65. The van der Waals surface area contributed by atoms with E-state index in [1.54, 1.807) is 37.4 Å². The largest absolute Gasteiger partial charge is 0.497 e. The van der Waals surface area contributed by atoms with Crippen molar-refractivity contribution in [1.29, 1.82) is 0 Å². The molecule has 0 aliphatic carbocycles. The van der Waals surface area contributed by atoms with E-state index in [4.69, 9.17) is 9.15 Å². The Morgan fingerprint density at radius 3 is 2.52 bits per heavy atom. The third-order valence-corrected chi connectivity index (χ3v) is 6.48. The Morgan fingerprint density at radius 2 is 1.79 bits per heavy atom. The van der Waals surface area contributed by atoms with Gasteiger partial charge in [0.15, 0.2) is 5.58 Å². The summed E-state index contributed by atoms with van der Waals surface area (Å²) >= 11 is 1.46. The number of rotatable bonds is 7. The topological polar surface area (TPSA) is 81.4 Å². The van der Waals surface area contributed by atoms with Gasteiger partial charge in [-0.3, -0.25) is 4.72 Å². The molecule has 0 fully saturated rings. The van der Waals surface area contributed by atoms with Gasteiger partial charge in [-0.25, -0.2) is 13.4 Å². The molecule has 0 bridgehead atoms. The first-order chi connectivity index (χ1) is 14.0. The lowest BCUT2D eigenvalue weighted by Crippen LogP contribution is -2.12. The van der Waals surface area contributed by atoms with Crippen LogP contribution in [-0.4, -0.2) is 20.5 Å². The number of benzene rings is 3. The Hall–Kier alpha value is -2.97. The lowest BCUT2D eigenvalue weighted by Gasteiger charge is -2.08. The molecule has 4 aromatic rings. The number of hydrogen-bond donors (Lipinski definition) is 1. The number of hydrogen-bond acceptors (Lipinski definition) is 6. The zero-order chi connectivity index (χ0) is 20.3. The van der Waals surface area contributed by atoms with Crippen LogP contribution < -0.4 is 9.46 Å². The van der Waals surface area contributed by atoms with Gasteiger partial charge in [0.05, 0.1) is 12.0 Å². The van der Waals surface area contributed by atoms with Crippen molar-refractivity contribution in [2.24, 2.45) is 0 Å². The minimum Gasteiger partial charge on any atom is -0.497 e. The van der Waals surface area contributed by atoms with E-state index in [1.807, 2.05) is 30.3 Å². The molecule has 148 valence electrons. The third-order valence-electron chi connectivity index (χ3n) is 4.20. The molecule has 1 heterocycles. The SMILES string of the molecule is COc1ccc(NS(=O)(=O)c2ccc3oc(SCc4ccccc4)nc3c2)cc1. The number of fused-ring (bicyclic) bond motifs is 1. The van der Waals surface area contributed by atoms with Crippen molar-refractivity contribution in [1.82, 2.24) is 4.98 Å². The molecule has 3 aromatic carbocycles. The van der Waals surface area contributed by atoms with Crippen LogP contribution >= 0.6 is 11.8 Å². The standard InChI is InChI=1S/C21H18N2O4S2/c1-26-17-9-7-16(8-10-17)23-29(24,25)18-11-12-20-19(13-18)22-21(27-20)28-14-15-5-3-2-4-6-15/h2-13,23H,14H2,1H3. The van der Waals surface area contributed by atoms with Crippen LogP contribution in [0, 0.1) is 0 Å². The summed E-state index contributed by atoms with van der Waals surface area (Å²) < 4.78 is 38.8. The molecule has 0 amide bonds. The number of sulfonamides is 1. The summed E-state index contributed by atoms with van der Waals surface area (Å²) in [6.45, 7) is 0. The Kier molecular flexibility index (Phi) is 5.46. The van der Waals surface area contributed by atoms with Gasteiger partial charge in [0.25, 0.3) is 15.2 Å². The lowest BCUT2D eigenvalue weighted by molar-refractivity contribution is 0.415. The quantitative estimate of drug-likeness (QED) is 0.422. The van der Waals surface area contributed by atoms with Crippen molar-refractivity contribution in [2.45, 2.75) is 15.9 Å². The maximum Gasteiger partial charge on any atom is 0.261 e. The maximum absolute atomic E-state index is 12.7. The van der Waals surface area contributed by atoms with Crippen LogP contribution in [0.1, 0.15) is 5.56 Å². The summed E-state index contributed by atoms with van der Waals surface area (Å²) in [4.78, 5) is 4.54. The first-order valence-corrected chi connectivity index (χ1v) is 11.2. The van der Waals surface area contributed by atoms with Crippen LogP contribution in [0.4, 0.5) is 5.69 Å². The number of nitrogens with one attached hydrogen (secondary N) is 1. The van der Waals surface area contributed by atoms with Gasteiger partial charge in [0.1, 0.15) is 11.3 Å². The lowest BCUT2D eigenvalue weighted by atomic mass is 10.2. The van der Waals surface area contributed by atoms with Crippen LogP contribution in [0.15, 0.2) is 87.3 Å². The van der Waals surface area contributed by atoms with Gasteiger partial charge in [-0.1, -0.05) is 42.1 Å². The predicted octanol–water partition coefficient (Wildman–Crippen LogP) is 4.93. The van der Waals surface area contributed by atoms with Gasteiger partial charge >= 0.3 is 0 Å². The molecule has 4 rings (SSSR count). The van der Waals surface area contributed by atoms with Gasteiger partial charge in [-0.2, -0.15) is 0 Å². The Morgan fingerprint density at radius 1 is 1.03 bits per heavy atom. The van der Waals surface area contributed by atoms with Gasteiger partial charge in [0, 0.05) is 11.4 Å². The fourth-order valence-electron chi connectivity index (χ4n) is 2.71. The molecule has 1 N–H and O–H groups in total. The number of ether oxygens (including phenoxy) is 1. The maximum atomic E-state index is 12.7. The zero-order valence-electron chi connectivity index (χ0n) is 15.5. The summed E-state index contributed by atoms with van der Waals surface area (Å²) in [6, 6.07) is 21.3. The van der Waals surface area contributed by atoms with Crippen LogP contribution in [0.3, 0.4) is 0 Å². The van der Waals surface area contributed by atoms with E-state index >= 15 is 0 Å². The predicted molar refractivity (Wildman–Crippen MR) is 114 cm³/mol. The van der Waals surface area contributed by atoms with Crippen LogP contribution in [0.2, 0.25) is 0 Å². The first-order valence-electron chi connectivity index (χ1n) is 8.78. The molecule has 6 nitrogen and oxygen atoms in total. The van der Waals surface area contributed by atoms with Crippen LogP contribution in [0.25, 0.3) is 11.1 Å². The van der Waals surface area contributed by atoms with Gasteiger partial charge in [-0.15, -0.1) is 0 Å². The summed E-state index contributed by atoms with van der Waals surface area (Å²) in [6.07, 6.45) is 0. The van der Waals surface area contributed by atoms with Crippen molar-refractivity contribution >= 4 is 38.6 Å². The molecule has 8 heteroatoms. The van der Waals surface area contributed by atoms with Crippen molar-refractivity contribution in [2.75, 3.05) is 11.8 Å². The van der Waals surface area contributed by atoms with Crippen LogP contribution in [-0.2, 0) is 15.8 Å². The number of aromatic nitrogens is 1. The van der Waals surface area contributed by atoms with Crippen LogP contribution in [0.5, 0.6) is 5.75 Å². The molecular formula is C21H18N2O4S2. The number of thioether (sulfide) groups is 1. The number of oxazole rings is 1. The Bertz CT molecular complexity index is 1220. The highest BCUT2D eigenvalue weighted by Gasteiger charge is 2.17. The summed E-state index contributed by atoms with van der Waals surface area (Å²) in [7, 11) is -2.20. The Labute approximate surface area is 173 Å². The molecular weight excluding hydrogens is 408 g/mol. The van der Waals surface area contributed by atoms with E-state index in [9.17, 15) is 8.42 Å². The van der Waals surface area contributed by atoms with Gasteiger partial charge < -0.3 is 9.15 Å². The smallest absolute Gasteiger partial charge is 0.261 e. The number of methoxy groups -OCH3 is 1. The van der Waals surface area contributed by atoms with Crippen molar-refractivity contribution in [3.8, 4) is 5.75 Å². The molecule has 0 aliphatic heterocycles. The first kappa shape index (κ1) is 19.4. The van der Waals surface area contributed by atoms with E-state index < -0.39 is 10.0 Å². The summed E-state index contributed by atoms with van der Waals surface area (Å²) in [5, 5.41) is 0.501. The molecule has 0 atom stereocenters. The molecule has 0 aliphatic rings. The molecule has 0 saturated heterocycles. The van der Waals surface area contributed by atoms with Crippen molar-refractivity contribution in [3.63, 3.8) is 0 Å². The highest BCUT2D eigenvalue weighted by atomic mass is 32.2. The second kappa shape index (κ2) is 8.18. The normalized spacial score (nSPS) is 11.5. The second-order valence-electron chi connectivity index (χ2n) is 6.22. The number of nitrogens with zero attached hydrogens (tertiary/aromatic N) is 1. The Balaban J connectivity index is 1.52. The van der Waals surface area contributed by atoms with Crippen molar-refractivity contribution in [3.05, 3.63) is 78.4 Å². The van der Waals surface area contributed by atoms with Gasteiger partial charge in [0.2, 0.25) is 0 Å². The third kappa shape index (κ3) is 4.55. The minimum absolute atomic E-state index is 0.119. The molecule has 0 spiro atoms. The molecule has 29 heavy (non-hydrogen) atoms. The van der Waals surface area contributed by atoms with E-state index in [-0.39, 0.29) is 4.90 Å². The minimum atomic E-state index is -3.75. The average molecular weight is 427 g/mol. The highest BCUT2D eigenvalue weighted by molar-refractivity contribution is 7.98. The molecule has 0 saturated carbocycles. The molecule has 0 unspecified atom stereocenters. The average Bonchev–Trinajstić information content (AvgIpc) is 3.15. The van der Waals surface area contributed by atoms with E-state index in [2.05, 4.69) is 9.71 Å². The fraction of sp³-hybridized carbons (Fsp3) is 0.0952. The molecule has 1 aromatic heterocycles. The summed E-state index contributed by atoms with van der Waals surface area (Å²) in [5.74, 6) is 1.37. The molecule has 0 radical (unpaired) electrons. The monoisotopic (exact) mass is 426 g/mol.